The number of nitrogens with one attached hydrogen (secondary N) is 1. The van der Waals surface area contributed by atoms with Gasteiger partial charge in [-0.15, -0.1) is 0 Å². The molecule has 1 amide bonds. The van der Waals surface area contributed by atoms with E-state index in [1.54, 1.807) is 19.1 Å². The van der Waals surface area contributed by atoms with E-state index in [0.29, 0.717) is 5.56 Å². The highest BCUT2D eigenvalue weighted by Crippen LogP contribution is 2.14. The normalized spacial score (nSPS) is 11.4. The molecule has 0 spiro atoms. The third-order valence-corrected chi connectivity index (χ3v) is 2.59. The van der Waals surface area contributed by atoms with E-state index < -0.39 is 25.0 Å². The molecule has 0 aliphatic heterocycles. The molecule has 17 heavy (non-hydrogen) atoms. The van der Waals surface area contributed by atoms with Crippen molar-refractivity contribution in [2.24, 2.45) is 0 Å². The van der Waals surface area contributed by atoms with Crippen LogP contribution in [0.1, 0.15) is 21.5 Å². The molecule has 1 aromatic carbocycles. The number of benzene rings is 1. The molecule has 1 aromatic rings. The van der Waals surface area contributed by atoms with Crippen molar-refractivity contribution in [1.29, 1.82) is 0 Å². The Morgan fingerprint density at radius 2 is 2.06 bits per heavy atom. The average molecular weight is 243 g/mol. The van der Waals surface area contributed by atoms with Crippen LogP contribution in [0.15, 0.2) is 18.2 Å². The molecule has 0 aliphatic rings. The van der Waals surface area contributed by atoms with Gasteiger partial charge in [0.25, 0.3) is 11.8 Å². The molecule has 94 valence electrons. The van der Waals surface area contributed by atoms with Gasteiger partial charge in [-0.3, -0.25) is 4.79 Å². The van der Waals surface area contributed by atoms with E-state index in [9.17, 15) is 13.6 Å². The van der Waals surface area contributed by atoms with E-state index in [1.807, 2.05) is 13.0 Å². The van der Waals surface area contributed by atoms with Gasteiger partial charge in [-0.05, 0) is 31.0 Å². The molecule has 0 heterocycles. The SMILES string of the molecule is Cc1cccc(C(=O)NCC(F)(F)CO)c1C. The molecule has 1 rings (SSSR count). The molecule has 0 saturated carbocycles. The van der Waals surface area contributed by atoms with Crippen molar-refractivity contribution >= 4 is 5.91 Å². The summed E-state index contributed by atoms with van der Waals surface area (Å²) in [5, 5.41) is 10.5. The van der Waals surface area contributed by atoms with Gasteiger partial charge in [0.1, 0.15) is 6.61 Å². The first-order chi connectivity index (χ1) is 7.87. The highest BCUT2D eigenvalue weighted by atomic mass is 19.3. The lowest BCUT2D eigenvalue weighted by Crippen LogP contribution is -2.39. The Morgan fingerprint density at radius 1 is 1.41 bits per heavy atom. The zero-order valence-corrected chi connectivity index (χ0v) is 9.76. The number of aryl methyl sites for hydroxylation is 1. The van der Waals surface area contributed by atoms with Crippen molar-refractivity contribution in [2.45, 2.75) is 19.8 Å². The standard InChI is InChI=1S/C12H15F2NO2/c1-8-4-3-5-10(9(8)2)11(17)15-6-12(13,14)7-16/h3-5,16H,6-7H2,1-2H3,(H,15,17). The summed E-state index contributed by atoms with van der Waals surface area (Å²) in [7, 11) is 0. The number of hydrogen-bond donors (Lipinski definition) is 2. The van der Waals surface area contributed by atoms with Crippen LogP contribution in [0.3, 0.4) is 0 Å². The van der Waals surface area contributed by atoms with Crippen LogP contribution < -0.4 is 5.32 Å². The number of alkyl halides is 2. The van der Waals surface area contributed by atoms with Crippen molar-refractivity contribution in [3.05, 3.63) is 34.9 Å². The molecule has 2 N–H and O–H groups in total. The fourth-order valence-corrected chi connectivity index (χ4v) is 1.36. The van der Waals surface area contributed by atoms with Gasteiger partial charge in [-0.25, -0.2) is 8.78 Å². The van der Waals surface area contributed by atoms with Crippen molar-refractivity contribution < 1.29 is 18.7 Å². The summed E-state index contributed by atoms with van der Waals surface area (Å²) in [6, 6.07) is 5.12. The fourth-order valence-electron chi connectivity index (χ4n) is 1.36. The van der Waals surface area contributed by atoms with Crippen LogP contribution in [-0.2, 0) is 0 Å². The van der Waals surface area contributed by atoms with Gasteiger partial charge in [0.05, 0.1) is 6.54 Å². The Balaban J connectivity index is 2.74. The second-order valence-corrected chi connectivity index (χ2v) is 3.94. The Morgan fingerprint density at radius 3 is 2.65 bits per heavy atom. The Hall–Kier alpha value is -1.49. The number of hydrogen-bond acceptors (Lipinski definition) is 2. The topological polar surface area (TPSA) is 49.3 Å². The zero-order chi connectivity index (χ0) is 13.1. The molecule has 0 radical (unpaired) electrons. The first-order valence-corrected chi connectivity index (χ1v) is 5.20. The molecule has 0 aliphatic carbocycles. The number of aliphatic hydroxyl groups is 1. The van der Waals surface area contributed by atoms with Gasteiger partial charge < -0.3 is 10.4 Å². The maximum atomic E-state index is 12.7. The first-order valence-electron chi connectivity index (χ1n) is 5.20. The van der Waals surface area contributed by atoms with Gasteiger partial charge >= 0.3 is 0 Å². The van der Waals surface area contributed by atoms with Crippen LogP contribution in [0.4, 0.5) is 8.78 Å². The highest BCUT2D eigenvalue weighted by molar-refractivity contribution is 5.95. The highest BCUT2D eigenvalue weighted by Gasteiger charge is 2.28. The number of amides is 1. The predicted octanol–water partition coefficient (Wildman–Crippen LogP) is 1.66. The van der Waals surface area contributed by atoms with Crippen molar-refractivity contribution in [2.75, 3.05) is 13.2 Å². The van der Waals surface area contributed by atoms with Crippen LogP contribution in [0.5, 0.6) is 0 Å². The first kappa shape index (κ1) is 13.6. The van der Waals surface area contributed by atoms with E-state index in [0.717, 1.165) is 11.1 Å². The van der Waals surface area contributed by atoms with E-state index in [2.05, 4.69) is 5.32 Å². The minimum absolute atomic E-state index is 0.374. The smallest absolute Gasteiger partial charge is 0.287 e. The van der Waals surface area contributed by atoms with Crippen LogP contribution in [0.2, 0.25) is 0 Å². The molecule has 3 nitrogen and oxygen atoms in total. The number of halogens is 2. The number of aliphatic hydroxyl groups excluding tert-OH is 1. The van der Waals surface area contributed by atoms with Crippen LogP contribution in [0, 0.1) is 13.8 Å². The lowest BCUT2D eigenvalue weighted by Gasteiger charge is -2.15. The fraction of sp³-hybridized carbons (Fsp3) is 0.417. The van der Waals surface area contributed by atoms with E-state index in [4.69, 9.17) is 5.11 Å². The Bertz CT molecular complexity index is 419. The van der Waals surface area contributed by atoms with Crippen molar-refractivity contribution in [1.82, 2.24) is 5.32 Å². The van der Waals surface area contributed by atoms with Gasteiger partial charge in [0, 0.05) is 5.56 Å². The molecular formula is C12H15F2NO2. The van der Waals surface area contributed by atoms with Gasteiger partial charge in [-0.2, -0.15) is 0 Å². The van der Waals surface area contributed by atoms with Gasteiger partial charge in [0.15, 0.2) is 0 Å². The van der Waals surface area contributed by atoms with Crippen molar-refractivity contribution in [3.8, 4) is 0 Å². The zero-order valence-electron chi connectivity index (χ0n) is 9.76. The maximum absolute atomic E-state index is 12.7. The Kier molecular flexibility index (Phi) is 4.17. The number of rotatable bonds is 4. The Labute approximate surface area is 98.5 Å². The third kappa shape index (κ3) is 3.49. The summed E-state index contributed by atoms with van der Waals surface area (Å²) < 4.78 is 25.5. The summed E-state index contributed by atoms with van der Waals surface area (Å²) >= 11 is 0. The summed E-state index contributed by atoms with van der Waals surface area (Å²) in [5.41, 5.74) is 2.06. The molecule has 0 aromatic heterocycles. The second kappa shape index (κ2) is 5.23. The second-order valence-electron chi connectivity index (χ2n) is 3.94. The summed E-state index contributed by atoms with van der Waals surface area (Å²) in [5.74, 6) is -3.84. The quantitative estimate of drug-likeness (QED) is 0.845. The molecule has 0 unspecified atom stereocenters. The number of carbonyl (C=O) groups excluding carboxylic acids is 1. The molecule has 0 saturated heterocycles. The lowest BCUT2D eigenvalue weighted by molar-refractivity contribution is -0.0462. The van der Waals surface area contributed by atoms with Crippen LogP contribution in [-0.4, -0.2) is 30.1 Å². The minimum atomic E-state index is -3.28. The maximum Gasteiger partial charge on any atom is 0.287 e. The van der Waals surface area contributed by atoms with E-state index in [-0.39, 0.29) is 0 Å². The molecule has 0 bridgehead atoms. The minimum Gasteiger partial charge on any atom is -0.390 e. The molecule has 5 heteroatoms. The largest absolute Gasteiger partial charge is 0.390 e. The molecule has 0 fully saturated rings. The van der Waals surface area contributed by atoms with Crippen LogP contribution in [0.25, 0.3) is 0 Å². The molecular weight excluding hydrogens is 228 g/mol. The lowest BCUT2D eigenvalue weighted by atomic mass is 10.0. The van der Waals surface area contributed by atoms with Crippen LogP contribution >= 0.6 is 0 Å². The number of carbonyl (C=O) groups is 1. The van der Waals surface area contributed by atoms with Gasteiger partial charge in [0.2, 0.25) is 0 Å². The van der Waals surface area contributed by atoms with Gasteiger partial charge in [-0.1, -0.05) is 12.1 Å². The van der Waals surface area contributed by atoms with E-state index >= 15 is 0 Å². The van der Waals surface area contributed by atoms with Crippen molar-refractivity contribution in [3.63, 3.8) is 0 Å². The summed E-state index contributed by atoms with van der Waals surface area (Å²) in [6.45, 7) is 1.46. The monoisotopic (exact) mass is 243 g/mol. The predicted molar refractivity (Wildman–Crippen MR) is 60.3 cm³/mol. The summed E-state index contributed by atoms with van der Waals surface area (Å²) in [6.07, 6.45) is 0. The average Bonchev–Trinajstić information content (AvgIpc) is 2.30. The van der Waals surface area contributed by atoms with E-state index in [1.165, 1.54) is 0 Å². The summed E-state index contributed by atoms with van der Waals surface area (Å²) in [4.78, 5) is 11.7. The molecule has 0 atom stereocenters. The third-order valence-electron chi connectivity index (χ3n) is 2.59.